The molecule has 6 nitrogen and oxygen atoms in total. The van der Waals surface area contributed by atoms with Crippen LogP contribution in [-0.4, -0.2) is 37.2 Å². The fourth-order valence-electron chi connectivity index (χ4n) is 9.97. The minimum Gasteiger partial charge on any atom is -0.462 e. The predicted molar refractivity (Wildman–Crippen MR) is 348 cm³/mol. The summed E-state index contributed by atoms with van der Waals surface area (Å²) in [6, 6.07) is 0. The molecular weight excluding hydrogens is 985 g/mol. The summed E-state index contributed by atoms with van der Waals surface area (Å²) >= 11 is 0. The van der Waals surface area contributed by atoms with Crippen molar-refractivity contribution in [3.05, 3.63) is 85.1 Å². The highest BCUT2D eigenvalue weighted by Crippen LogP contribution is 2.17. The lowest BCUT2D eigenvalue weighted by Crippen LogP contribution is -2.30. The number of allylic oxidation sites excluding steroid dienone is 14. The minimum absolute atomic E-state index is 0.0807. The molecule has 1 atom stereocenters. The van der Waals surface area contributed by atoms with E-state index in [2.05, 4.69) is 106 Å². The predicted octanol–water partition coefficient (Wildman–Crippen LogP) is 23.8. The average molecular weight is 1120 g/mol. The van der Waals surface area contributed by atoms with Gasteiger partial charge in [-0.25, -0.2) is 0 Å². The molecule has 6 heteroatoms. The maximum absolute atomic E-state index is 12.9. The van der Waals surface area contributed by atoms with Gasteiger partial charge in [-0.3, -0.25) is 14.4 Å². The molecule has 0 saturated heterocycles. The lowest BCUT2D eigenvalue weighted by molar-refractivity contribution is -0.167. The molecule has 0 rings (SSSR count). The van der Waals surface area contributed by atoms with E-state index in [-0.39, 0.29) is 31.1 Å². The normalized spacial score (nSPS) is 12.6. The summed E-state index contributed by atoms with van der Waals surface area (Å²) < 4.78 is 16.9. The summed E-state index contributed by atoms with van der Waals surface area (Å²) in [7, 11) is 0. The summed E-state index contributed by atoms with van der Waals surface area (Å²) in [5.41, 5.74) is 0. The minimum atomic E-state index is -0.784. The fraction of sp³-hybridized carbons (Fsp3) is 0.770. The van der Waals surface area contributed by atoms with Gasteiger partial charge in [-0.15, -0.1) is 0 Å². The SMILES string of the molecule is CC/C=C\C/C=C\C/C=C\C/C=C\C/C=C\CCCCCCCC(=O)OC(COC(=O)CCCCCCCCCC)COC(=O)CCCCCCCCCCCCCCCCCCCCCCC/C=C\C/C=C\CCCCCCC. The first-order chi connectivity index (χ1) is 39.5. The van der Waals surface area contributed by atoms with Gasteiger partial charge in [0.1, 0.15) is 13.2 Å². The molecule has 0 spiro atoms. The van der Waals surface area contributed by atoms with Crippen LogP contribution in [0.25, 0.3) is 0 Å². The highest BCUT2D eigenvalue weighted by atomic mass is 16.6. The van der Waals surface area contributed by atoms with Gasteiger partial charge in [0.15, 0.2) is 6.10 Å². The van der Waals surface area contributed by atoms with E-state index < -0.39 is 6.10 Å². The third-order valence-corrected chi connectivity index (χ3v) is 15.1. The quantitative estimate of drug-likeness (QED) is 0.0261. The highest BCUT2D eigenvalue weighted by molar-refractivity contribution is 5.71. The van der Waals surface area contributed by atoms with Gasteiger partial charge in [0.2, 0.25) is 0 Å². The van der Waals surface area contributed by atoms with Crippen LogP contribution in [0.5, 0.6) is 0 Å². The van der Waals surface area contributed by atoms with Crippen molar-refractivity contribution in [2.75, 3.05) is 13.2 Å². The van der Waals surface area contributed by atoms with E-state index in [0.29, 0.717) is 19.3 Å². The zero-order chi connectivity index (χ0) is 57.8. The first-order valence-electron chi connectivity index (χ1n) is 34.6. The maximum Gasteiger partial charge on any atom is 0.306 e. The van der Waals surface area contributed by atoms with Crippen LogP contribution in [0.4, 0.5) is 0 Å². The molecule has 0 saturated carbocycles. The third kappa shape index (κ3) is 65.4. The average Bonchev–Trinajstić information content (AvgIpc) is 3.46. The number of rotatable bonds is 63. The standard InChI is InChI=1S/C74H130O6/c1-4-7-10-13-16-19-21-23-25-27-29-31-32-33-34-35-36-37-38-39-40-41-42-44-45-47-49-51-53-55-58-61-64-67-73(76)79-70-71(69-78-72(75)66-63-60-57-18-15-12-9-6-3)80-74(77)68-65-62-59-56-54-52-50-48-46-43-30-28-26-24-22-20-17-14-11-8-5-2/h8,11,17,20-21,23-24,26-27,29-30,43,48,50,71H,4-7,9-10,12-16,18-19,22,25,28,31-42,44-47,49,51-70H2,1-3H3/b11-8-,20-17-,23-21-,26-24-,29-27-,43-30-,50-48-. The summed E-state index contributed by atoms with van der Waals surface area (Å²) in [6.45, 7) is 6.51. The number of hydrogen-bond donors (Lipinski definition) is 0. The molecule has 0 aromatic rings. The maximum atomic E-state index is 12.9. The van der Waals surface area contributed by atoms with E-state index in [9.17, 15) is 14.4 Å². The molecule has 0 N–H and O–H groups in total. The van der Waals surface area contributed by atoms with Gasteiger partial charge >= 0.3 is 17.9 Å². The molecule has 0 aliphatic rings. The van der Waals surface area contributed by atoms with Crippen molar-refractivity contribution in [3.8, 4) is 0 Å². The van der Waals surface area contributed by atoms with Gasteiger partial charge < -0.3 is 14.2 Å². The van der Waals surface area contributed by atoms with Crippen molar-refractivity contribution in [2.45, 2.75) is 354 Å². The second-order valence-electron chi connectivity index (χ2n) is 23.1. The second kappa shape index (κ2) is 68.1. The van der Waals surface area contributed by atoms with E-state index >= 15 is 0 Å². The zero-order valence-corrected chi connectivity index (χ0v) is 53.1. The largest absolute Gasteiger partial charge is 0.462 e. The molecule has 0 heterocycles. The molecule has 0 aromatic heterocycles. The Balaban J connectivity index is 4.07. The van der Waals surface area contributed by atoms with E-state index in [1.54, 1.807) is 0 Å². The fourth-order valence-corrected chi connectivity index (χ4v) is 9.97. The molecular formula is C74H130O6. The Morgan fingerprint density at radius 2 is 0.487 bits per heavy atom. The Kier molecular flexibility index (Phi) is 65.2. The summed E-state index contributed by atoms with van der Waals surface area (Å²) in [4.78, 5) is 38.2. The molecule has 0 radical (unpaired) electrons. The Morgan fingerprint density at radius 1 is 0.263 bits per heavy atom. The monoisotopic (exact) mass is 1110 g/mol. The van der Waals surface area contributed by atoms with E-state index in [1.807, 2.05) is 0 Å². The van der Waals surface area contributed by atoms with Gasteiger partial charge in [-0.05, 0) is 96.3 Å². The van der Waals surface area contributed by atoms with E-state index in [4.69, 9.17) is 14.2 Å². The van der Waals surface area contributed by atoms with Crippen LogP contribution in [0, 0.1) is 0 Å². The first-order valence-corrected chi connectivity index (χ1v) is 34.6. The molecule has 0 aliphatic heterocycles. The van der Waals surface area contributed by atoms with Crippen LogP contribution in [-0.2, 0) is 28.6 Å². The zero-order valence-electron chi connectivity index (χ0n) is 53.1. The van der Waals surface area contributed by atoms with E-state index in [0.717, 1.165) is 116 Å². The Labute approximate surface area is 496 Å². The number of esters is 3. The lowest BCUT2D eigenvalue weighted by atomic mass is 10.0. The molecule has 0 aromatic carbocycles. The van der Waals surface area contributed by atoms with Crippen LogP contribution < -0.4 is 0 Å². The molecule has 462 valence electrons. The van der Waals surface area contributed by atoms with Crippen LogP contribution in [0.1, 0.15) is 348 Å². The van der Waals surface area contributed by atoms with Crippen molar-refractivity contribution in [3.63, 3.8) is 0 Å². The molecule has 80 heavy (non-hydrogen) atoms. The molecule has 0 bridgehead atoms. The van der Waals surface area contributed by atoms with Crippen molar-refractivity contribution < 1.29 is 28.6 Å². The Bertz CT molecular complexity index is 1520. The van der Waals surface area contributed by atoms with Crippen molar-refractivity contribution in [1.82, 2.24) is 0 Å². The van der Waals surface area contributed by atoms with Crippen molar-refractivity contribution >= 4 is 17.9 Å². The summed E-state index contributed by atoms with van der Waals surface area (Å²) in [6.07, 6.45) is 90.7. The molecule has 0 fully saturated rings. The highest BCUT2D eigenvalue weighted by Gasteiger charge is 2.19. The van der Waals surface area contributed by atoms with Crippen LogP contribution >= 0.6 is 0 Å². The lowest BCUT2D eigenvalue weighted by Gasteiger charge is -2.18. The van der Waals surface area contributed by atoms with Crippen LogP contribution in [0.15, 0.2) is 85.1 Å². The van der Waals surface area contributed by atoms with Gasteiger partial charge in [0, 0.05) is 19.3 Å². The molecule has 0 aliphatic carbocycles. The topological polar surface area (TPSA) is 78.9 Å². The smallest absolute Gasteiger partial charge is 0.306 e. The number of ether oxygens (including phenoxy) is 3. The van der Waals surface area contributed by atoms with Crippen molar-refractivity contribution in [1.29, 1.82) is 0 Å². The van der Waals surface area contributed by atoms with E-state index in [1.165, 1.54) is 193 Å². The van der Waals surface area contributed by atoms with Crippen molar-refractivity contribution in [2.24, 2.45) is 0 Å². The molecule has 1 unspecified atom stereocenters. The summed E-state index contributed by atoms with van der Waals surface area (Å²) in [5, 5.41) is 0. The Morgan fingerprint density at radius 3 is 0.762 bits per heavy atom. The second-order valence-corrected chi connectivity index (χ2v) is 23.1. The number of carbonyl (C=O) groups excluding carboxylic acids is 3. The van der Waals surface area contributed by atoms with Gasteiger partial charge in [-0.2, -0.15) is 0 Å². The Hall–Kier alpha value is -3.41. The van der Waals surface area contributed by atoms with Gasteiger partial charge in [-0.1, -0.05) is 318 Å². The third-order valence-electron chi connectivity index (χ3n) is 15.1. The summed E-state index contributed by atoms with van der Waals surface area (Å²) in [5.74, 6) is -0.889. The number of carbonyl (C=O) groups is 3. The number of unbranched alkanes of at least 4 members (excludes halogenated alkanes) is 38. The van der Waals surface area contributed by atoms with Gasteiger partial charge in [0.05, 0.1) is 0 Å². The number of hydrogen-bond acceptors (Lipinski definition) is 6. The van der Waals surface area contributed by atoms with Gasteiger partial charge in [0.25, 0.3) is 0 Å². The van der Waals surface area contributed by atoms with Crippen LogP contribution in [0.3, 0.4) is 0 Å². The molecule has 0 amide bonds. The first kappa shape index (κ1) is 76.6. The van der Waals surface area contributed by atoms with Crippen LogP contribution in [0.2, 0.25) is 0 Å².